The fraction of sp³-hybridized carbons (Fsp3) is 0.524. The Bertz CT molecular complexity index is 1220. The Balaban J connectivity index is 1.40. The summed E-state index contributed by atoms with van der Waals surface area (Å²) in [6, 6.07) is 8.26. The van der Waals surface area contributed by atoms with E-state index in [1.165, 1.54) is 19.5 Å². The van der Waals surface area contributed by atoms with Crippen LogP contribution in [0, 0.1) is 12.8 Å². The minimum absolute atomic E-state index is 0.116. The summed E-state index contributed by atoms with van der Waals surface area (Å²) in [5.74, 6) is -0.558. The van der Waals surface area contributed by atoms with Gasteiger partial charge in [0.05, 0.1) is 22.7 Å². The molecular formula is C21H29N5O5S2. The Morgan fingerprint density at radius 1 is 0.939 bits per heavy atom. The van der Waals surface area contributed by atoms with E-state index in [0.717, 1.165) is 0 Å². The maximum Gasteiger partial charge on any atom is 0.246 e. The molecule has 0 unspecified atom stereocenters. The van der Waals surface area contributed by atoms with E-state index in [0.29, 0.717) is 25.1 Å². The molecule has 2 fully saturated rings. The van der Waals surface area contributed by atoms with Crippen molar-refractivity contribution >= 4 is 26.0 Å². The average molecular weight is 496 g/mol. The van der Waals surface area contributed by atoms with Gasteiger partial charge in [0.2, 0.25) is 26.0 Å². The second-order valence-corrected chi connectivity index (χ2v) is 12.3. The van der Waals surface area contributed by atoms with Gasteiger partial charge in [-0.2, -0.15) is 13.7 Å². The number of nitrogens with zero attached hydrogens (tertiary/aromatic N) is 5. The minimum Gasteiger partial charge on any atom is -0.340 e. The number of carbonyl (C=O) groups excluding carboxylic acids is 1. The molecule has 33 heavy (non-hydrogen) atoms. The average Bonchev–Trinajstić information content (AvgIpc) is 3.18. The summed E-state index contributed by atoms with van der Waals surface area (Å²) >= 11 is 0. The molecule has 1 aromatic heterocycles. The Labute approximate surface area is 194 Å². The fourth-order valence-corrected chi connectivity index (χ4v) is 7.53. The molecule has 3 heterocycles. The van der Waals surface area contributed by atoms with Gasteiger partial charge in [-0.25, -0.2) is 16.8 Å². The number of piperazine rings is 1. The van der Waals surface area contributed by atoms with Gasteiger partial charge < -0.3 is 4.90 Å². The number of carbonyl (C=O) groups is 1. The van der Waals surface area contributed by atoms with E-state index in [-0.39, 0.29) is 48.4 Å². The van der Waals surface area contributed by atoms with E-state index >= 15 is 0 Å². The Morgan fingerprint density at radius 3 is 2.21 bits per heavy atom. The van der Waals surface area contributed by atoms with Crippen molar-refractivity contribution in [3.63, 3.8) is 0 Å². The first kappa shape index (κ1) is 23.9. The first-order chi connectivity index (χ1) is 15.6. The van der Waals surface area contributed by atoms with Crippen molar-refractivity contribution < 1.29 is 21.6 Å². The second kappa shape index (κ2) is 9.16. The van der Waals surface area contributed by atoms with E-state index in [2.05, 4.69) is 5.10 Å². The maximum absolute atomic E-state index is 13.2. The van der Waals surface area contributed by atoms with Crippen LogP contribution < -0.4 is 0 Å². The first-order valence-electron chi connectivity index (χ1n) is 10.9. The van der Waals surface area contributed by atoms with Crippen LogP contribution in [-0.2, 0) is 31.9 Å². The molecule has 10 nitrogen and oxygen atoms in total. The molecule has 0 aliphatic carbocycles. The van der Waals surface area contributed by atoms with Crippen LogP contribution in [0.5, 0.6) is 0 Å². The van der Waals surface area contributed by atoms with Gasteiger partial charge in [-0.15, -0.1) is 0 Å². The molecular weight excluding hydrogens is 466 g/mol. The molecule has 4 rings (SSSR count). The van der Waals surface area contributed by atoms with Gasteiger partial charge in [-0.05, 0) is 31.9 Å². The van der Waals surface area contributed by atoms with Crippen LogP contribution in [0.1, 0.15) is 18.5 Å². The predicted molar refractivity (Wildman–Crippen MR) is 121 cm³/mol. The second-order valence-electron chi connectivity index (χ2n) is 8.46. The number of aromatic nitrogens is 2. The van der Waals surface area contributed by atoms with Crippen molar-refractivity contribution in [2.75, 3.05) is 39.3 Å². The van der Waals surface area contributed by atoms with Gasteiger partial charge in [-0.1, -0.05) is 18.2 Å². The molecule has 2 saturated heterocycles. The molecule has 0 bridgehead atoms. The SMILES string of the molecule is Cc1c(S(=O)(=O)N2CCC[C@@H](C(=O)N3CCN(S(=O)(=O)c4ccccc4)CC3)C2)cnn1C. The van der Waals surface area contributed by atoms with E-state index < -0.39 is 26.0 Å². The smallest absolute Gasteiger partial charge is 0.246 e. The molecule has 1 atom stereocenters. The topological polar surface area (TPSA) is 113 Å². The van der Waals surface area contributed by atoms with Gasteiger partial charge in [0.1, 0.15) is 4.90 Å². The summed E-state index contributed by atoms with van der Waals surface area (Å²) < 4.78 is 56.2. The molecule has 1 amide bonds. The number of hydrogen-bond donors (Lipinski definition) is 0. The Hall–Kier alpha value is -2.28. The summed E-state index contributed by atoms with van der Waals surface area (Å²) in [5.41, 5.74) is 0.555. The first-order valence-corrected chi connectivity index (χ1v) is 13.8. The van der Waals surface area contributed by atoms with Crippen LogP contribution >= 0.6 is 0 Å². The maximum atomic E-state index is 13.2. The highest BCUT2D eigenvalue weighted by atomic mass is 32.2. The van der Waals surface area contributed by atoms with Crippen molar-refractivity contribution in [3.8, 4) is 0 Å². The van der Waals surface area contributed by atoms with Crippen molar-refractivity contribution in [2.24, 2.45) is 13.0 Å². The highest BCUT2D eigenvalue weighted by molar-refractivity contribution is 7.89. The van der Waals surface area contributed by atoms with Gasteiger partial charge in [0.15, 0.2) is 0 Å². The standard InChI is InChI=1S/C21H29N5O5S2/c1-17-20(15-22-23(17)2)33(30,31)26-10-6-7-18(16-26)21(27)24-11-13-25(14-12-24)32(28,29)19-8-4-3-5-9-19/h3-5,8-9,15,18H,6-7,10-14,16H2,1-2H3/t18-/m1/s1. The fourth-order valence-electron chi connectivity index (χ4n) is 4.38. The van der Waals surface area contributed by atoms with Gasteiger partial charge in [-0.3, -0.25) is 9.48 Å². The zero-order valence-corrected chi connectivity index (χ0v) is 20.4. The molecule has 2 aromatic rings. The van der Waals surface area contributed by atoms with Crippen molar-refractivity contribution in [1.82, 2.24) is 23.3 Å². The highest BCUT2D eigenvalue weighted by Crippen LogP contribution is 2.27. The normalized spacial score (nSPS) is 21.3. The molecule has 0 radical (unpaired) electrons. The van der Waals surface area contributed by atoms with Crippen LogP contribution in [0.3, 0.4) is 0 Å². The molecule has 0 spiro atoms. The summed E-state index contributed by atoms with van der Waals surface area (Å²) in [6.07, 6.45) is 2.55. The van der Waals surface area contributed by atoms with Crippen molar-refractivity contribution in [1.29, 1.82) is 0 Å². The lowest BCUT2D eigenvalue weighted by Crippen LogP contribution is -2.54. The number of hydrogen-bond acceptors (Lipinski definition) is 6. The van der Waals surface area contributed by atoms with E-state index in [1.807, 2.05) is 0 Å². The van der Waals surface area contributed by atoms with Gasteiger partial charge in [0.25, 0.3) is 0 Å². The zero-order chi connectivity index (χ0) is 23.8. The molecule has 2 aliphatic rings. The lowest BCUT2D eigenvalue weighted by Gasteiger charge is -2.38. The van der Waals surface area contributed by atoms with Crippen LogP contribution in [0.4, 0.5) is 0 Å². The summed E-state index contributed by atoms with van der Waals surface area (Å²) in [6.45, 7) is 3.20. The number of benzene rings is 1. The third-order valence-electron chi connectivity index (χ3n) is 6.47. The molecule has 180 valence electrons. The third kappa shape index (κ3) is 4.57. The van der Waals surface area contributed by atoms with Crippen LogP contribution in [0.15, 0.2) is 46.3 Å². The van der Waals surface area contributed by atoms with Crippen LogP contribution in [-0.4, -0.2) is 85.3 Å². The van der Waals surface area contributed by atoms with Gasteiger partial charge in [0, 0.05) is 46.3 Å². The van der Waals surface area contributed by atoms with Gasteiger partial charge >= 0.3 is 0 Å². The number of sulfonamides is 2. The number of amides is 1. The molecule has 0 saturated carbocycles. The predicted octanol–water partition coefficient (Wildman–Crippen LogP) is 0.662. The molecule has 2 aliphatic heterocycles. The summed E-state index contributed by atoms with van der Waals surface area (Å²) in [7, 11) is -5.64. The van der Waals surface area contributed by atoms with Crippen molar-refractivity contribution in [3.05, 3.63) is 42.2 Å². The molecule has 12 heteroatoms. The monoisotopic (exact) mass is 495 g/mol. The van der Waals surface area contributed by atoms with Crippen molar-refractivity contribution in [2.45, 2.75) is 29.6 Å². The van der Waals surface area contributed by atoms with Crippen LogP contribution in [0.2, 0.25) is 0 Å². The molecule has 1 aromatic carbocycles. The lowest BCUT2D eigenvalue weighted by molar-refractivity contribution is -0.137. The summed E-state index contributed by atoms with van der Waals surface area (Å²) in [5, 5.41) is 4.04. The van der Waals surface area contributed by atoms with E-state index in [1.54, 1.807) is 49.2 Å². The molecule has 0 N–H and O–H groups in total. The summed E-state index contributed by atoms with van der Waals surface area (Å²) in [4.78, 5) is 15.2. The third-order valence-corrected chi connectivity index (χ3v) is 10.4. The lowest BCUT2D eigenvalue weighted by atomic mass is 9.98. The zero-order valence-electron chi connectivity index (χ0n) is 18.8. The highest BCUT2D eigenvalue weighted by Gasteiger charge is 2.38. The number of aryl methyl sites for hydroxylation is 1. The Morgan fingerprint density at radius 2 is 1.61 bits per heavy atom. The Kier molecular flexibility index (Phi) is 6.63. The van der Waals surface area contributed by atoms with E-state index in [4.69, 9.17) is 0 Å². The van der Waals surface area contributed by atoms with E-state index in [9.17, 15) is 21.6 Å². The number of piperidine rings is 1. The number of rotatable bonds is 5. The minimum atomic E-state index is -3.74. The quantitative estimate of drug-likeness (QED) is 0.602. The van der Waals surface area contributed by atoms with Crippen LogP contribution in [0.25, 0.3) is 0 Å². The largest absolute Gasteiger partial charge is 0.340 e.